The largest absolute Gasteiger partial charge is 0.478 e. The first-order chi connectivity index (χ1) is 15.5. The summed E-state index contributed by atoms with van der Waals surface area (Å²) in [5, 5.41) is 9.43. The van der Waals surface area contributed by atoms with Gasteiger partial charge in [-0.3, -0.25) is 19.2 Å². The van der Waals surface area contributed by atoms with E-state index in [-0.39, 0.29) is 11.3 Å². The number of ether oxygens (including phenoxy) is 6. The van der Waals surface area contributed by atoms with Gasteiger partial charge in [0.05, 0.1) is 0 Å². The lowest BCUT2D eigenvalue weighted by molar-refractivity contribution is -0.288. The predicted molar refractivity (Wildman–Crippen MR) is 106 cm³/mol. The van der Waals surface area contributed by atoms with Gasteiger partial charge in [-0.15, -0.1) is 0 Å². The summed E-state index contributed by atoms with van der Waals surface area (Å²) in [5.74, 6) is -4.47. The molecule has 1 aromatic carbocycles. The molecular weight excluding hydrogens is 444 g/mol. The number of para-hydroxylation sites is 1. The van der Waals surface area contributed by atoms with Gasteiger partial charge in [-0.25, -0.2) is 4.79 Å². The third-order valence-corrected chi connectivity index (χ3v) is 4.31. The van der Waals surface area contributed by atoms with Gasteiger partial charge in [-0.05, 0) is 12.1 Å². The van der Waals surface area contributed by atoms with Gasteiger partial charge in [0.25, 0.3) is 0 Å². The lowest BCUT2D eigenvalue weighted by Gasteiger charge is -2.44. The number of carbonyl (C=O) groups excluding carboxylic acids is 4. The van der Waals surface area contributed by atoms with E-state index in [0.717, 1.165) is 27.7 Å². The highest BCUT2D eigenvalue weighted by atomic mass is 16.7. The minimum absolute atomic E-state index is 0.133. The molecule has 180 valence electrons. The van der Waals surface area contributed by atoms with Crippen LogP contribution in [0.5, 0.6) is 5.75 Å². The van der Waals surface area contributed by atoms with E-state index in [2.05, 4.69) is 0 Å². The predicted octanol–water partition coefficient (Wildman–Crippen LogP) is 0.847. The molecule has 0 aromatic heterocycles. The van der Waals surface area contributed by atoms with Crippen molar-refractivity contribution in [3.05, 3.63) is 29.8 Å². The molecule has 1 fully saturated rings. The molecule has 0 bridgehead atoms. The molecule has 0 amide bonds. The molecule has 1 N–H and O–H groups in total. The Balaban J connectivity index is 2.51. The number of carboxylic acids is 1. The van der Waals surface area contributed by atoms with Crippen LogP contribution in [0.3, 0.4) is 0 Å². The van der Waals surface area contributed by atoms with Crippen LogP contribution in [-0.4, -0.2) is 72.3 Å². The summed E-state index contributed by atoms with van der Waals surface area (Å²) in [4.78, 5) is 58.2. The molecule has 1 heterocycles. The monoisotopic (exact) mass is 468 g/mol. The van der Waals surface area contributed by atoms with Gasteiger partial charge in [-0.1, -0.05) is 12.1 Å². The molecule has 0 radical (unpaired) electrons. The summed E-state index contributed by atoms with van der Waals surface area (Å²) in [7, 11) is 0. The second-order valence-corrected chi connectivity index (χ2v) is 6.99. The molecule has 0 spiro atoms. The lowest BCUT2D eigenvalue weighted by atomic mass is 9.98. The molecule has 12 heteroatoms. The first-order valence-electron chi connectivity index (χ1n) is 9.79. The number of hydrogen-bond donors (Lipinski definition) is 1. The molecule has 1 aliphatic heterocycles. The Bertz CT molecular complexity index is 910. The van der Waals surface area contributed by atoms with Crippen LogP contribution in [0.25, 0.3) is 0 Å². The second kappa shape index (κ2) is 11.3. The Morgan fingerprint density at radius 3 is 1.91 bits per heavy atom. The highest BCUT2D eigenvalue weighted by Gasteiger charge is 2.53. The molecule has 0 saturated carbocycles. The van der Waals surface area contributed by atoms with Crippen LogP contribution >= 0.6 is 0 Å². The Morgan fingerprint density at radius 2 is 1.36 bits per heavy atom. The van der Waals surface area contributed by atoms with E-state index in [1.54, 1.807) is 0 Å². The van der Waals surface area contributed by atoms with Crippen molar-refractivity contribution in [2.45, 2.75) is 58.4 Å². The number of carboxylic acid groups (broad SMARTS) is 1. The number of aromatic carboxylic acids is 1. The Morgan fingerprint density at radius 1 is 0.818 bits per heavy atom. The number of hydrogen-bond acceptors (Lipinski definition) is 11. The fourth-order valence-electron chi connectivity index (χ4n) is 3.15. The van der Waals surface area contributed by atoms with E-state index < -0.39 is 67.2 Å². The fraction of sp³-hybridized carbons (Fsp3) is 0.476. The summed E-state index contributed by atoms with van der Waals surface area (Å²) >= 11 is 0. The Hall–Kier alpha value is -3.67. The van der Waals surface area contributed by atoms with Gasteiger partial charge in [0, 0.05) is 27.7 Å². The normalized spacial score (nSPS) is 24.2. The molecule has 12 nitrogen and oxygen atoms in total. The number of rotatable bonds is 8. The van der Waals surface area contributed by atoms with Crippen molar-refractivity contribution in [2.24, 2.45) is 0 Å². The average Bonchev–Trinajstić information content (AvgIpc) is 2.70. The quantitative estimate of drug-likeness (QED) is 0.423. The zero-order valence-electron chi connectivity index (χ0n) is 18.3. The zero-order valence-corrected chi connectivity index (χ0v) is 18.3. The SMILES string of the molecule is CC(=O)OCC1OC(Oc2ccccc2C(=O)O)C(OC(C)=O)C(OC(C)=O)C1OC(C)=O. The standard InChI is InChI=1S/C21H24O12/c1-10(22)28-9-16-17(29-11(2)23)18(30-12(3)24)19(31-13(4)25)21(33-16)32-15-8-6-5-7-14(15)20(26)27/h5-8,16-19,21H,9H2,1-4H3,(H,26,27). The maximum atomic E-state index is 11.8. The summed E-state index contributed by atoms with van der Waals surface area (Å²) < 4.78 is 32.3. The fourth-order valence-corrected chi connectivity index (χ4v) is 3.15. The van der Waals surface area contributed by atoms with Gasteiger partial charge in [0.15, 0.2) is 12.2 Å². The molecule has 1 aliphatic rings. The highest BCUT2D eigenvalue weighted by molar-refractivity contribution is 5.90. The zero-order chi connectivity index (χ0) is 24.7. The van der Waals surface area contributed by atoms with E-state index in [1.807, 2.05) is 0 Å². The third kappa shape index (κ3) is 7.17. The van der Waals surface area contributed by atoms with Crippen molar-refractivity contribution >= 4 is 29.8 Å². The number of benzene rings is 1. The summed E-state index contributed by atoms with van der Waals surface area (Å²) in [5.41, 5.74) is -0.217. The Kier molecular flexibility index (Phi) is 8.74. The smallest absolute Gasteiger partial charge is 0.339 e. The van der Waals surface area contributed by atoms with Crippen LogP contribution in [-0.2, 0) is 42.9 Å². The van der Waals surface area contributed by atoms with Crippen LogP contribution < -0.4 is 4.74 Å². The van der Waals surface area contributed by atoms with E-state index in [4.69, 9.17) is 28.4 Å². The van der Waals surface area contributed by atoms with Gasteiger partial charge in [-0.2, -0.15) is 0 Å². The van der Waals surface area contributed by atoms with Gasteiger partial charge in [0.1, 0.15) is 24.0 Å². The molecule has 0 aliphatic carbocycles. The molecule has 1 saturated heterocycles. The summed E-state index contributed by atoms with van der Waals surface area (Å²) in [6, 6.07) is 5.61. The van der Waals surface area contributed by atoms with Crippen LogP contribution in [0.4, 0.5) is 0 Å². The molecule has 5 unspecified atom stereocenters. The van der Waals surface area contributed by atoms with Crippen LogP contribution in [0, 0.1) is 0 Å². The topological polar surface area (TPSA) is 161 Å². The number of carbonyl (C=O) groups is 5. The lowest BCUT2D eigenvalue weighted by Crippen LogP contribution is -2.63. The maximum Gasteiger partial charge on any atom is 0.339 e. The van der Waals surface area contributed by atoms with Gasteiger partial charge < -0.3 is 33.5 Å². The van der Waals surface area contributed by atoms with Gasteiger partial charge >= 0.3 is 29.8 Å². The van der Waals surface area contributed by atoms with E-state index in [9.17, 15) is 29.1 Å². The molecule has 2 rings (SSSR count). The minimum Gasteiger partial charge on any atom is -0.478 e. The van der Waals surface area contributed by atoms with Crippen LogP contribution in [0.2, 0.25) is 0 Å². The second-order valence-electron chi connectivity index (χ2n) is 6.99. The van der Waals surface area contributed by atoms with E-state index in [1.165, 1.54) is 24.3 Å². The minimum atomic E-state index is -1.52. The van der Waals surface area contributed by atoms with Crippen molar-refractivity contribution in [1.29, 1.82) is 0 Å². The van der Waals surface area contributed by atoms with Gasteiger partial charge in [0.2, 0.25) is 12.4 Å². The van der Waals surface area contributed by atoms with E-state index >= 15 is 0 Å². The molecule has 33 heavy (non-hydrogen) atoms. The first-order valence-corrected chi connectivity index (χ1v) is 9.79. The highest BCUT2D eigenvalue weighted by Crippen LogP contribution is 2.32. The summed E-state index contributed by atoms with van der Waals surface area (Å²) in [6.45, 7) is 3.98. The molecule has 5 atom stereocenters. The van der Waals surface area contributed by atoms with Crippen molar-refractivity contribution in [2.75, 3.05) is 6.61 Å². The van der Waals surface area contributed by atoms with Crippen molar-refractivity contribution in [1.82, 2.24) is 0 Å². The van der Waals surface area contributed by atoms with Crippen molar-refractivity contribution in [3.8, 4) is 5.75 Å². The van der Waals surface area contributed by atoms with Crippen molar-refractivity contribution < 1.29 is 57.5 Å². The van der Waals surface area contributed by atoms with Crippen LogP contribution in [0.15, 0.2) is 24.3 Å². The first kappa shape index (κ1) is 25.6. The van der Waals surface area contributed by atoms with Crippen LogP contribution in [0.1, 0.15) is 38.1 Å². The third-order valence-electron chi connectivity index (χ3n) is 4.31. The van der Waals surface area contributed by atoms with Crippen molar-refractivity contribution in [3.63, 3.8) is 0 Å². The maximum absolute atomic E-state index is 11.8. The molecule has 1 aromatic rings. The average molecular weight is 468 g/mol. The van der Waals surface area contributed by atoms with E-state index in [0.29, 0.717) is 0 Å². The summed E-state index contributed by atoms with van der Waals surface area (Å²) in [6.07, 6.45) is -6.97. The Labute approximate surface area is 188 Å². The number of esters is 4. The molecular formula is C21H24O12.